The zero-order chi connectivity index (χ0) is 15.2. The van der Waals surface area contributed by atoms with Crippen molar-refractivity contribution in [3.8, 4) is 0 Å². The Balaban J connectivity index is 2.77. The van der Waals surface area contributed by atoms with Gasteiger partial charge >= 0.3 is 0 Å². The lowest BCUT2D eigenvalue weighted by molar-refractivity contribution is -0.120. The van der Waals surface area contributed by atoms with Crippen molar-refractivity contribution in [2.75, 3.05) is 23.7 Å². The van der Waals surface area contributed by atoms with E-state index in [1.165, 1.54) is 4.31 Å². The number of nitrogens with one attached hydrogen (secondary N) is 1. The van der Waals surface area contributed by atoms with Gasteiger partial charge in [-0.25, -0.2) is 8.42 Å². The van der Waals surface area contributed by atoms with Crippen LogP contribution in [0.25, 0.3) is 0 Å². The first-order valence-electron chi connectivity index (χ1n) is 6.65. The van der Waals surface area contributed by atoms with Gasteiger partial charge in [-0.2, -0.15) is 0 Å². The molecular weight excluding hydrogens is 276 g/mol. The quantitative estimate of drug-likeness (QED) is 0.833. The topological polar surface area (TPSA) is 66.5 Å². The highest BCUT2D eigenvalue weighted by atomic mass is 32.2. The summed E-state index contributed by atoms with van der Waals surface area (Å²) in [5, 5.41) is 2.74. The summed E-state index contributed by atoms with van der Waals surface area (Å²) in [5.74, 6) is -0.132. The van der Waals surface area contributed by atoms with E-state index in [2.05, 4.69) is 5.32 Å². The van der Waals surface area contributed by atoms with Crippen LogP contribution in [0.3, 0.4) is 0 Å². The van der Waals surface area contributed by atoms with Crippen LogP contribution in [0, 0.1) is 6.92 Å². The minimum Gasteiger partial charge on any atom is -0.356 e. The maximum absolute atomic E-state index is 11.8. The number of amides is 1. The molecule has 20 heavy (non-hydrogen) atoms. The van der Waals surface area contributed by atoms with Gasteiger partial charge in [0.05, 0.1) is 11.9 Å². The minimum absolute atomic E-state index is 0.132. The van der Waals surface area contributed by atoms with Crippen LogP contribution in [0.5, 0.6) is 0 Å². The lowest BCUT2D eigenvalue weighted by Crippen LogP contribution is -2.34. The number of aryl methyl sites for hydroxylation is 1. The van der Waals surface area contributed by atoms with E-state index in [-0.39, 0.29) is 18.9 Å². The van der Waals surface area contributed by atoms with Gasteiger partial charge in [-0.1, -0.05) is 24.6 Å². The molecule has 0 spiro atoms. The van der Waals surface area contributed by atoms with E-state index in [9.17, 15) is 13.2 Å². The lowest BCUT2D eigenvalue weighted by atomic mass is 10.2. The van der Waals surface area contributed by atoms with Crippen LogP contribution in [-0.4, -0.2) is 33.7 Å². The molecule has 1 amide bonds. The molecule has 1 aromatic rings. The molecule has 0 aromatic heterocycles. The van der Waals surface area contributed by atoms with E-state index in [0.29, 0.717) is 12.2 Å². The first kappa shape index (κ1) is 16.5. The van der Waals surface area contributed by atoms with Gasteiger partial charge in [-0.15, -0.1) is 0 Å². The Morgan fingerprint density at radius 3 is 2.35 bits per heavy atom. The highest BCUT2D eigenvalue weighted by molar-refractivity contribution is 7.92. The van der Waals surface area contributed by atoms with Crippen molar-refractivity contribution >= 4 is 21.6 Å². The molecule has 1 N–H and O–H groups in total. The first-order valence-corrected chi connectivity index (χ1v) is 8.50. The number of benzene rings is 1. The van der Waals surface area contributed by atoms with Gasteiger partial charge in [0, 0.05) is 19.5 Å². The smallest absolute Gasteiger partial charge is 0.232 e. The fourth-order valence-corrected chi connectivity index (χ4v) is 2.68. The molecule has 0 aliphatic carbocycles. The summed E-state index contributed by atoms with van der Waals surface area (Å²) < 4.78 is 24.9. The van der Waals surface area contributed by atoms with E-state index < -0.39 is 10.0 Å². The molecule has 0 aliphatic rings. The van der Waals surface area contributed by atoms with E-state index in [1.54, 1.807) is 12.1 Å². The zero-order valence-corrected chi connectivity index (χ0v) is 13.0. The fraction of sp³-hybridized carbons (Fsp3) is 0.500. The highest BCUT2D eigenvalue weighted by Gasteiger charge is 2.18. The summed E-state index contributed by atoms with van der Waals surface area (Å²) in [7, 11) is -3.39. The number of carbonyl (C=O) groups excluding carboxylic acids is 1. The predicted molar refractivity (Wildman–Crippen MR) is 81.3 cm³/mol. The normalized spacial score (nSPS) is 11.2. The fourth-order valence-electron chi connectivity index (χ4n) is 1.75. The third-order valence-corrected chi connectivity index (χ3v) is 4.03. The van der Waals surface area contributed by atoms with Crippen molar-refractivity contribution in [2.45, 2.75) is 26.7 Å². The van der Waals surface area contributed by atoms with Gasteiger partial charge < -0.3 is 5.32 Å². The summed E-state index contributed by atoms with van der Waals surface area (Å²) in [5.41, 5.74) is 1.64. The van der Waals surface area contributed by atoms with E-state index in [1.807, 2.05) is 26.0 Å². The summed E-state index contributed by atoms with van der Waals surface area (Å²) >= 11 is 0. The summed E-state index contributed by atoms with van der Waals surface area (Å²) in [6.07, 6.45) is 2.16. The summed E-state index contributed by atoms with van der Waals surface area (Å²) in [4.78, 5) is 11.6. The van der Waals surface area contributed by atoms with E-state index >= 15 is 0 Å². The summed E-state index contributed by atoms with van der Waals surface area (Å²) in [6.45, 7) is 4.67. The molecule has 112 valence electrons. The van der Waals surface area contributed by atoms with Crippen molar-refractivity contribution in [3.63, 3.8) is 0 Å². The number of rotatable bonds is 7. The second-order valence-electron chi connectivity index (χ2n) is 4.77. The standard InChI is InChI=1S/C14H22N2O3S/c1-4-10-15-14(17)9-11-16(20(3,18)19)13-7-5-12(2)6-8-13/h5-8H,4,9-11H2,1-3H3,(H,15,17). The van der Waals surface area contributed by atoms with Crippen LogP contribution in [0.2, 0.25) is 0 Å². The predicted octanol–water partition coefficient (Wildman–Crippen LogP) is 1.68. The molecular formula is C14H22N2O3S. The van der Waals surface area contributed by atoms with Gasteiger partial charge in [0.15, 0.2) is 0 Å². The number of nitrogens with zero attached hydrogens (tertiary/aromatic N) is 1. The molecule has 1 rings (SSSR count). The Morgan fingerprint density at radius 1 is 1.25 bits per heavy atom. The van der Waals surface area contributed by atoms with Crippen LogP contribution in [0.15, 0.2) is 24.3 Å². The average molecular weight is 298 g/mol. The number of hydrogen-bond acceptors (Lipinski definition) is 3. The molecule has 0 saturated heterocycles. The molecule has 0 aliphatic heterocycles. The summed E-state index contributed by atoms with van der Waals surface area (Å²) in [6, 6.07) is 7.20. The van der Waals surface area contributed by atoms with Crippen LogP contribution in [0.4, 0.5) is 5.69 Å². The molecule has 0 atom stereocenters. The van der Waals surface area contributed by atoms with Crippen LogP contribution in [0.1, 0.15) is 25.3 Å². The van der Waals surface area contributed by atoms with Crippen LogP contribution < -0.4 is 9.62 Å². The monoisotopic (exact) mass is 298 g/mol. The second-order valence-corrected chi connectivity index (χ2v) is 6.68. The Bertz CT molecular complexity index is 538. The third kappa shape index (κ3) is 5.21. The van der Waals surface area contributed by atoms with Crippen molar-refractivity contribution in [1.29, 1.82) is 0 Å². The largest absolute Gasteiger partial charge is 0.356 e. The van der Waals surface area contributed by atoms with Gasteiger partial charge in [0.2, 0.25) is 15.9 Å². The van der Waals surface area contributed by atoms with Crippen molar-refractivity contribution < 1.29 is 13.2 Å². The maximum atomic E-state index is 11.8. The van der Waals surface area contributed by atoms with E-state index in [4.69, 9.17) is 0 Å². The van der Waals surface area contributed by atoms with Gasteiger partial charge in [0.25, 0.3) is 0 Å². The van der Waals surface area contributed by atoms with Crippen LogP contribution >= 0.6 is 0 Å². The Morgan fingerprint density at radius 2 is 1.85 bits per heavy atom. The first-order chi connectivity index (χ1) is 9.34. The van der Waals surface area contributed by atoms with Gasteiger partial charge in [-0.3, -0.25) is 9.10 Å². The molecule has 0 saturated carbocycles. The third-order valence-electron chi connectivity index (χ3n) is 2.84. The van der Waals surface area contributed by atoms with Crippen LogP contribution in [-0.2, 0) is 14.8 Å². The maximum Gasteiger partial charge on any atom is 0.232 e. The molecule has 0 bridgehead atoms. The minimum atomic E-state index is -3.39. The Labute approximate surface area is 121 Å². The van der Waals surface area contributed by atoms with Gasteiger partial charge in [-0.05, 0) is 25.5 Å². The molecule has 0 fully saturated rings. The second kappa shape index (κ2) is 7.28. The average Bonchev–Trinajstić information content (AvgIpc) is 2.37. The number of anilines is 1. The Hall–Kier alpha value is -1.56. The van der Waals surface area contributed by atoms with Crippen molar-refractivity contribution in [2.24, 2.45) is 0 Å². The Kier molecular flexibility index (Phi) is 6.01. The zero-order valence-electron chi connectivity index (χ0n) is 12.2. The SMILES string of the molecule is CCCNC(=O)CCN(c1ccc(C)cc1)S(C)(=O)=O. The lowest BCUT2D eigenvalue weighted by Gasteiger charge is -2.22. The van der Waals surface area contributed by atoms with Crippen molar-refractivity contribution in [1.82, 2.24) is 5.32 Å². The molecule has 6 heteroatoms. The van der Waals surface area contributed by atoms with E-state index in [0.717, 1.165) is 18.2 Å². The molecule has 0 heterocycles. The number of carbonyl (C=O) groups is 1. The molecule has 0 radical (unpaired) electrons. The molecule has 1 aromatic carbocycles. The van der Waals surface area contributed by atoms with Crippen molar-refractivity contribution in [3.05, 3.63) is 29.8 Å². The van der Waals surface area contributed by atoms with Gasteiger partial charge in [0.1, 0.15) is 0 Å². The highest BCUT2D eigenvalue weighted by Crippen LogP contribution is 2.18. The molecule has 5 nitrogen and oxygen atoms in total. The number of hydrogen-bond donors (Lipinski definition) is 1. The number of sulfonamides is 1. The molecule has 0 unspecified atom stereocenters.